The van der Waals surface area contributed by atoms with Crippen LogP contribution in [-0.4, -0.2) is 23.3 Å². The van der Waals surface area contributed by atoms with Crippen molar-refractivity contribution in [3.8, 4) is 17.2 Å². The maximum Gasteiger partial charge on any atom is 0.237 e. The van der Waals surface area contributed by atoms with Gasteiger partial charge in [-0.1, -0.05) is 12.1 Å². The highest BCUT2D eigenvalue weighted by Gasteiger charge is 2.16. The first kappa shape index (κ1) is 20.0. The van der Waals surface area contributed by atoms with E-state index in [1.807, 2.05) is 63.2 Å². The summed E-state index contributed by atoms with van der Waals surface area (Å²) >= 11 is 1.53. The summed E-state index contributed by atoms with van der Waals surface area (Å²) in [5.41, 5.74) is 4.73. The van der Waals surface area contributed by atoms with Crippen LogP contribution >= 0.6 is 11.8 Å². The normalized spacial score (nSPS) is 11.9. The lowest BCUT2D eigenvalue weighted by Gasteiger charge is -2.13. The smallest absolute Gasteiger partial charge is 0.237 e. The van der Waals surface area contributed by atoms with E-state index in [0.29, 0.717) is 11.6 Å². The van der Waals surface area contributed by atoms with Crippen LogP contribution in [0.25, 0.3) is 11.5 Å². The van der Waals surface area contributed by atoms with Crippen molar-refractivity contribution < 1.29 is 13.9 Å². The molecule has 28 heavy (non-hydrogen) atoms. The van der Waals surface area contributed by atoms with E-state index in [-0.39, 0.29) is 11.2 Å². The van der Waals surface area contributed by atoms with Crippen molar-refractivity contribution in [2.75, 3.05) is 12.4 Å². The lowest BCUT2D eigenvalue weighted by molar-refractivity contribution is -0.115. The van der Waals surface area contributed by atoms with Crippen molar-refractivity contribution in [1.82, 2.24) is 4.98 Å². The van der Waals surface area contributed by atoms with Crippen molar-refractivity contribution in [3.05, 3.63) is 65.5 Å². The standard InChI is InChI=1S/C22H24N2O3S/c1-14-5-6-15(2)20(11-14)24-21(25)16(3)28-13-18-12-27-22(23-18)17-7-9-19(26-4)10-8-17/h5-12,16H,13H2,1-4H3,(H,24,25). The van der Waals surface area contributed by atoms with Crippen molar-refractivity contribution in [2.24, 2.45) is 0 Å². The fourth-order valence-electron chi connectivity index (χ4n) is 2.63. The number of methoxy groups -OCH3 is 1. The molecule has 1 N–H and O–H groups in total. The number of hydrogen-bond acceptors (Lipinski definition) is 5. The topological polar surface area (TPSA) is 64.4 Å². The number of anilines is 1. The molecule has 146 valence electrons. The molecule has 5 nitrogen and oxygen atoms in total. The van der Waals surface area contributed by atoms with Crippen LogP contribution in [0.5, 0.6) is 5.75 Å². The average molecular weight is 397 g/mol. The molecule has 1 aromatic heterocycles. The van der Waals surface area contributed by atoms with E-state index < -0.39 is 0 Å². The van der Waals surface area contributed by atoms with E-state index in [4.69, 9.17) is 9.15 Å². The number of benzene rings is 2. The second-order valence-corrected chi connectivity index (χ2v) is 7.96. The molecule has 0 aliphatic rings. The number of aryl methyl sites for hydroxylation is 2. The molecule has 0 fully saturated rings. The molecule has 0 radical (unpaired) electrons. The molecule has 0 bridgehead atoms. The van der Waals surface area contributed by atoms with Crippen LogP contribution in [0, 0.1) is 13.8 Å². The molecule has 1 atom stereocenters. The van der Waals surface area contributed by atoms with Crippen molar-refractivity contribution in [1.29, 1.82) is 0 Å². The van der Waals surface area contributed by atoms with Crippen LogP contribution in [0.2, 0.25) is 0 Å². The Bertz CT molecular complexity index is 951. The molecule has 0 aliphatic carbocycles. The number of carbonyl (C=O) groups excluding carboxylic acids is 1. The van der Waals surface area contributed by atoms with Crippen LogP contribution < -0.4 is 10.1 Å². The number of nitrogens with one attached hydrogen (secondary N) is 1. The Balaban J connectivity index is 1.57. The number of aromatic nitrogens is 1. The third kappa shape index (κ3) is 4.95. The quantitative estimate of drug-likeness (QED) is 0.593. The van der Waals surface area contributed by atoms with Gasteiger partial charge in [-0.25, -0.2) is 4.98 Å². The largest absolute Gasteiger partial charge is 0.497 e. The molecule has 3 rings (SSSR count). The predicted octanol–water partition coefficient (Wildman–Crippen LogP) is 5.23. The summed E-state index contributed by atoms with van der Waals surface area (Å²) < 4.78 is 10.7. The zero-order valence-corrected chi connectivity index (χ0v) is 17.3. The van der Waals surface area contributed by atoms with Gasteiger partial charge in [0.1, 0.15) is 12.0 Å². The van der Waals surface area contributed by atoms with Crippen molar-refractivity contribution >= 4 is 23.4 Å². The van der Waals surface area contributed by atoms with Gasteiger partial charge in [-0.3, -0.25) is 4.79 Å². The molecule has 0 spiro atoms. The first-order chi connectivity index (χ1) is 13.5. The van der Waals surface area contributed by atoms with E-state index in [1.165, 1.54) is 11.8 Å². The van der Waals surface area contributed by atoms with E-state index in [9.17, 15) is 4.79 Å². The maximum atomic E-state index is 12.5. The number of rotatable bonds is 7. The number of carbonyl (C=O) groups is 1. The molecule has 2 aromatic carbocycles. The molecule has 0 aliphatic heterocycles. The van der Waals surface area contributed by atoms with Crippen LogP contribution in [-0.2, 0) is 10.5 Å². The molecule has 3 aromatic rings. The highest BCUT2D eigenvalue weighted by atomic mass is 32.2. The van der Waals surface area contributed by atoms with Crippen LogP contribution in [0.3, 0.4) is 0 Å². The van der Waals surface area contributed by atoms with Gasteiger partial charge in [0.2, 0.25) is 11.8 Å². The highest BCUT2D eigenvalue weighted by Crippen LogP contribution is 2.25. The summed E-state index contributed by atoms with van der Waals surface area (Å²) in [6.07, 6.45) is 1.64. The van der Waals surface area contributed by atoms with Gasteiger partial charge in [0, 0.05) is 17.0 Å². The zero-order chi connectivity index (χ0) is 20.1. The summed E-state index contributed by atoms with van der Waals surface area (Å²) in [5, 5.41) is 2.81. The third-order valence-electron chi connectivity index (χ3n) is 4.39. The molecular weight excluding hydrogens is 372 g/mol. The van der Waals surface area contributed by atoms with Gasteiger partial charge < -0.3 is 14.5 Å². The number of nitrogens with zero attached hydrogens (tertiary/aromatic N) is 1. The number of amides is 1. The molecule has 6 heteroatoms. The van der Waals surface area contributed by atoms with Gasteiger partial charge in [0.25, 0.3) is 0 Å². The van der Waals surface area contributed by atoms with Crippen molar-refractivity contribution in [3.63, 3.8) is 0 Å². The molecule has 1 heterocycles. The molecular formula is C22H24N2O3S. The van der Waals surface area contributed by atoms with Gasteiger partial charge in [-0.05, 0) is 62.2 Å². The number of hydrogen-bond donors (Lipinski definition) is 1. The minimum absolute atomic E-state index is 0.0161. The first-order valence-corrected chi connectivity index (χ1v) is 10.1. The number of oxazole rings is 1. The Kier molecular flexibility index (Phi) is 6.41. The van der Waals surface area contributed by atoms with Crippen LogP contribution in [0.1, 0.15) is 23.7 Å². The lowest BCUT2D eigenvalue weighted by atomic mass is 10.1. The fraction of sp³-hybridized carbons (Fsp3) is 0.273. The Labute approximate surface area is 169 Å². The minimum atomic E-state index is -0.207. The maximum absolute atomic E-state index is 12.5. The van der Waals surface area contributed by atoms with E-state index in [2.05, 4.69) is 10.3 Å². The molecule has 1 amide bonds. The summed E-state index contributed by atoms with van der Waals surface area (Å²) in [6.45, 7) is 5.90. The Morgan fingerprint density at radius 2 is 1.96 bits per heavy atom. The molecule has 0 saturated heterocycles. The van der Waals surface area contributed by atoms with Crippen molar-refractivity contribution in [2.45, 2.75) is 31.8 Å². The summed E-state index contributed by atoms with van der Waals surface area (Å²) in [4.78, 5) is 17.0. The SMILES string of the molecule is COc1ccc(-c2nc(CSC(C)C(=O)Nc3cc(C)ccc3C)co2)cc1. The zero-order valence-electron chi connectivity index (χ0n) is 16.5. The van der Waals surface area contributed by atoms with E-state index in [0.717, 1.165) is 33.8 Å². The molecule has 1 unspecified atom stereocenters. The minimum Gasteiger partial charge on any atom is -0.497 e. The summed E-state index contributed by atoms with van der Waals surface area (Å²) in [7, 11) is 1.63. The first-order valence-electron chi connectivity index (χ1n) is 9.05. The number of ether oxygens (including phenoxy) is 1. The van der Waals surface area contributed by atoms with Gasteiger partial charge >= 0.3 is 0 Å². The number of thioether (sulfide) groups is 1. The third-order valence-corrected chi connectivity index (χ3v) is 5.57. The second kappa shape index (κ2) is 8.97. The van der Waals surface area contributed by atoms with E-state index >= 15 is 0 Å². The Hall–Kier alpha value is -2.73. The van der Waals surface area contributed by atoms with Gasteiger partial charge in [-0.2, -0.15) is 0 Å². The van der Waals surface area contributed by atoms with Gasteiger partial charge in [0.15, 0.2) is 0 Å². The Morgan fingerprint density at radius 1 is 1.21 bits per heavy atom. The monoisotopic (exact) mass is 396 g/mol. The predicted molar refractivity (Wildman–Crippen MR) is 114 cm³/mol. The van der Waals surface area contributed by atoms with Gasteiger partial charge in [-0.15, -0.1) is 11.8 Å². The summed E-state index contributed by atoms with van der Waals surface area (Å²) in [5.74, 6) is 1.93. The van der Waals surface area contributed by atoms with E-state index in [1.54, 1.807) is 13.4 Å². The Morgan fingerprint density at radius 3 is 2.68 bits per heavy atom. The summed E-state index contributed by atoms with van der Waals surface area (Å²) in [6, 6.07) is 13.6. The van der Waals surface area contributed by atoms with Crippen LogP contribution in [0.4, 0.5) is 5.69 Å². The second-order valence-electron chi connectivity index (χ2n) is 6.63. The lowest BCUT2D eigenvalue weighted by Crippen LogP contribution is -2.23. The highest BCUT2D eigenvalue weighted by molar-refractivity contribution is 7.99. The van der Waals surface area contributed by atoms with Gasteiger partial charge in [0.05, 0.1) is 18.1 Å². The average Bonchev–Trinajstić information content (AvgIpc) is 3.18. The fourth-order valence-corrected chi connectivity index (χ4v) is 3.39. The van der Waals surface area contributed by atoms with Crippen LogP contribution in [0.15, 0.2) is 53.1 Å². The molecule has 0 saturated carbocycles.